The summed E-state index contributed by atoms with van der Waals surface area (Å²) < 4.78 is 5.18. The Morgan fingerprint density at radius 2 is 1.76 bits per heavy atom. The van der Waals surface area contributed by atoms with Crippen molar-refractivity contribution in [2.75, 3.05) is 7.11 Å². The topological polar surface area (TPSA) is 26.3 Å². The molecule has 17 heavy (non-hydrogen) atoms. The SMILES string of the molecule is COC(C)(C)C(=O)Cc1ccc(C(C)C)cc1. The van der Waals surface area contributed by atoms with Gasteiger partial charge in [-0.3, -0.25) is 4.79 Å². The van der Waals surface area contributed by atoms with Crippen LogP contribution in [-0.4, -0.2) is 18.5 Å². The Kier molecular flexibility index (Phi) is 4.47. The molecule has 2 heteroatoms. The molecule has 1 aromatic carbocycles. The maximum atomic E-state index is 12.0. The lowest BCUT2D eigenvalue weighted by Crippen LogP contribution is -2.35. The summed E-state index contributed by atoms with van der Waals surface area (Å²) in [5.74, 6) is 0.632. The van der Waals surface area contributed by atoms with Gasteiger partial charge in [-0.15, -0.1) is 0 Å². The third kappa shape index (κ3) is 3.67. The zero-order valence-corrected chi connectivity index (χ0v) is 11.4. The van der Waals surface area contributed by atoms with Crippen LogP contribution in [0.5, 0.6) is 0 Å². The van der Waals surface area contributed by atoms with Crippen molar-refractivity contribution in [3.8, 4) is 0 Å². The van der Waals surface area contributed by atoms with E-state index in [0.29, 0.717) is 12.3 Å². The van der Waals surface area contributed by atoms with E-state index in [1.54, 1.807) is 21.0 Å². The fraction of sp³-hybridized carbons (Fsp3) is 0.533. The Labute approximate surface area is 104 Å². The lowest BCUT2D eigenvalue weighted by molar-refractivity contribution is -0.136. The minimum atomic E-state index is -0.698. The molecule has 0 unspecified atom stereocenters. The normalized spacial score (nSPS) is 11.9. The summed E-state index contributed by atoms with van der Waals surface area (Å²) in [7, 11) is 1.57. The Hall–Kier alpha value is -1.15. The van der Waals surface area contributed by atoms with Gasteiger partial charge < -0.3 is 4.74 Å². The minimum Gasteiger partial charge on any atom is -0.371 e. The first-order chi connectivity index (χ1) is 7.86. The fourth-order valence-electron chi connectivity index (χ4n) is 1.53. The third-order valence-electron chi connectivity index (χ3n) is 3.19. The Morgan fingerprint density at radius 3 is 2.18 bits per heavy atom. The van der Waals surface area contributed by atoms with Gasteiger partial charge in [0.05, 0.1) is 0 Å². The van der Waals surface area contributed by atoms with Crippen LogP contribution in [0.1, 0.15) is 44.7 Å². The Bertz CT molecular complexity index is 374. The summed E-state index contributed by atoms with van der Waals surface area (Å²) in [4.78, 5) is 12.0. The molecule has 0 heterocycles. The van der Waals surface area contributed by atoms with Gasteiger partial charge in [0.15, 0.2) is 5.78 Å². The number of hydrogen-bond acceptors (Lipinski definition) is 2. The predicted molar refractivity (Wildman–Crippen MR) is 70.3 cm³/mol. The highest BCUT2D eigenvalue weighted by Gasteiger charge is 2.26. The first-order valence-corrected chi connectivity index (χ1v) is 6.04. The molecular weight excluding hydrogens is 212 g/mol. The Morgan fingerprint density at radius 1 is 1.24 bits per heavy atom. The van der Waals surface area contributed by atoms with E-state index in [1.807, 2.05) is 12.1 Å². The molecule has 1 rings (SSSR count). The van der Waals surface area contributed by atoms with Crippen molar-refractivity contribution in [2.45, 2.75) is 45.6 Å². The quantitative estimate of drug-likeness (QED) is 0.781. The Balaban J connectivity index is 2.73. The highest BCUT2D eigenvalue weighted by atomic mass is 16.5. The number of ketones is 1. The molecule has 0 aliphatic carbocycles. The molecule has 0 bridgehead atoms. The van der Waals surface area contributed by atoms with Crippen molar-refractivity contribution in [3.05, 3.63) is 35.4 Å². The van der Waals surface area contributed by atoms with E-state index in [4.69, 9.17) is 4.74 Å². The number of carbonyl (C=O) groups excluding carboxylic acids is 1. The number of hydrogen-bond donors (Lipinski definition) is 0. The molecule has 0 spiro atoms. The largest absolute Gasteiger partial charge is 0.371 e. The molecule has 0 N–H and O–H groups in total. The van der Waals surface area contributed by atoms with Crippen LogP contribution in [0.15, 0.2) is 24.3 Å². The van der Waals surface area contributed by atoms with Crippen LogP contribution in [0.3, 0.4) is 0 Å². The second-order valence-corrected chi connectivity index (χ2v) is 5.21. The lowest BCUT2D eigenvalue weighted by Gasteiger charge is -2.21. The van der Waals surface area contributed by atoms with Crippen LogP contribution in [-0.2, 0) is 16.0 Å². The number of benzene rings is 1. The monoisotopic (exact) mass is 234 g/mol. The molecular formula is C15H22O2. The second kappa shape index (κ2) is 5.46. The molecule has 0 fully saturated rings. The minimum absolute atomic E-state index is 0.109. The van der Waals surface area contributed by atoms with Gasteiger partial charge in [-0.05, 0) is 30.9 Å². The molecule has 0 atom stereocenters. The van der Waals surface area contributed by atoms with Crippen LogP contribution in [0, 0.1) is 0 Å². The first-order valence-electron chi connectivity index (χ1n) is 6.04. The van der Waals surface area contributed by atoms with Gasteiger partial charge in [0, 0.05) is 13.5 Å². The van der Waals surface area contributed by atoms with Crippen molar-refractivity contribution in [1.29, 1.82) is 0 Å². The van der Waals surface area contributed by atoms with Crippen molar-refractivity contribution >= 4 is 5.78 Å². The fourth-order valence-corrected chi connectivity index (χ4v) is 1.53. The maximum absolute atomic E-state index is 12.0. The molecule has 0 amide bonds. The van der Waals surface area contributed by atoms with Gasteiger partial charge in [0.2, 0.25) is 0 Å². The van der Waals surface area contributed by atoms with E-state index >= 15 is 0 Å². The molecule has 0 saturated carbocycles. The average molecular weight is 234 g/mol. The molecule has 0 radical (unpaired) electrons. The number of rotatable bonds is 5. The molecule has 0 aliphatic rings. The molecule has 94 valence electrons. The van der Waals surface area contributed by atoms with Crippen LogP contribution in [0.2, 0.25) is 0 Å². The summed E-state index contributed by atoms with van der Waals surface area (Å²) >= 11 is 0. The molecule has 0 aromatic heterocycles. The maximum Gasteiger partial charge on any atom is 0.168 e. The van der Waals surface area contributed by atoms with Crippen molar-refractivity contribution < 1.29 is 9.53 Å². The summed E-state index contributed by atoms with van der Waals surface area (Å²) in [5, 5.41) is 0. The van der Waals surface area contributed by atoms with Gasteiger partial charge in [0.25, 0.3) is 0 Å². The molecule has 1 aromatic rings. The zero-order chi connectivity index (χ0) is 13.1. The van der Waals surface area contributed by atoms with Gasteiger partial charge in [-0.1, -0.05) is 38.1 Å². The lowest BCUT2D eigenvalue weighted by atomic mass is 9.95. The number of methoxy groups -OCH3 is 1. The molecule has 0 aliphatic heterocycles. The van der Waals surface area contributed by atoms with E-state index in [1.165, 1.54) is 5.56 Å². The highest BCUT2D eigenvalue weighted by molar-refractivity contribution is 5.88. The number of carbonyl (C=O) groups is 1. The highest BCUT2D eigenvalue weighted by Crippen LogP contribution is 2.17. The van der Waals surface area contributed by atoms with E-state index in [9.17, 15) is 4.79 Å². The van der Waals surface area contributed by atoms with Crippen molar-refractivity contribution in [3.63, 3.8) is 0 Å². The number of Topliss-reactive ketones (excluding diaryl/α,β-unsaturated/α-hetero) is 1. The van der Waals surface area contributed by atoms with Crippen LogP contribution in [0.25, 0.3) is 0 Å². The molecule has 0 saturated heterocycles. The van der Waals surface area contributed by atoms with Crippen molar-refractivity contribution in [2.24, 2.45) is 0 Å². The summed E-state index contributed by atoms with van der Waals surface area (Å²) in [5.41, 5.74) is 1.65. The second-order valence-electron chi connectivity index (χ2n) is 5.21. The summed E-state index contributed by atoms with van der Waals surface area (Å²) in [6, 6.07) is 8.23. The zero-order valence-electron chi connectivity index (χ0n) is 11.4. The summed E-state index contributed by atoms with van der Waals surface area (Å²) in [6.45, 7) is 7.93. The van der Waals surface area contributed by atoms with Gasteiger partial charge in [-0.25, -0.2) is 0 Å². The van der Waals surface area contributed by atoms with Gasteiger partial charge in [0.1, 0.15) is 5.60 Å². The molecule has 2 nitrogen and oxygen atoms in total. The van der Waals surface area contributed by atoms with Crippen LogP contribution >= 0.6 is 0 Å². The average Bonchev–Trinajstić information content (AvgIpc) is 2.29. The van der Waals surface area contributed by atoms with Gasteiger partial charge >= 0.3 is 0 Å². The van der Waals surface area contributed by atoms with E-state index in [2.05, 4.69) is 26.0 Å². The van der Waals surface area contributed by atoms with Gasteiger partial charge in [-0.2, -0.15) is 0 Å². The first kappa shape index (κ1) is 13.9. The smallest absolute Gasteiger partial charge is 0.168 e. The van der Waals surface area contributed by atoms with Crippen molar-refractivity contribution in [1.82, 2.24) is 0 Å². The van der Waals surface area contributed by atoms with Crippen LogP contribution < -0.4 is 0 Å². The van der Waals surface area contributed by atoms with E-state index in [0.717, 1.165) is 5.56 Å². The predicted octanol–water partition coefficient (Wildman–Crippen LogP) is 3.35. The third-order valence-corrected chi connectivity index (χ3v) is 3.19. The van der Waals surface area contributed by atoms with E-state index < -0.39 is 5.60 Å². The number of ether oxygens (including phenoxy) is 1. The standard InChI is InChI=1S/C15H22O2/c1-11(2)13-8-6-12(7-9-13)10-14(16)15(3,4)17-5/h6-9,11H,10H2,1-5H3. The summed E-state index contributed by atoms with van der Waals surface area (Å²) in [6.07, 6.45) is 0.430. The van der Waals surface area contributed by atoms with Crippen LogP contribution in [0.4, 0.5) is 0 Å². The van der Waals surface area contributed by atoms with E-state index in [-0.39, 0.29) is 5.78 Å².